The van der Waals surface area contributed by atoms with Crippen molar-refractivity contribution < 1.29 is 4.79 Å². The minimum atomic E-state index is -0.0926. The number of hydrogen-bond donors (Lipinski definition) is 2. The highest BCUT2D eigenvalue weighted by Gasteiger charge is 2.05. The Morgan fingerprint density at radius 2 is 1.88 bits per heavy atom. The molecule has 0 spiro atoms. The largest absolute Gasteiger partial charge is 0.354 e. The van der Waals surface area contributed by atoms with Gasteiger partial charge >= 0.3 is 0 Å². The lowest BCUT2D eigenvalue weighted by Gasteiger charge is -2.09. The summed E-state index contributed by atoms with van der Waals surface area (Å²) in [6.45, 7) is 2.05. The van der Waals surface area contributed by atoms with Gasteiger partial charge < -0.3 is 10.6 Å². The smallest absolute Gasteiger partial charge is 0.229 e. The molecule has 4 nitrogen and oxygen atoms in total. The number of halogens is 1. The van der Waals surface area contributed by atoms with Crippen molar-refractivity contribution in [2.75, 3.05) is 10.6 Å². The summed E-state index contributed by atoms with van der Waals surface area (Å²) in [6, 6.07) is 19.5. The first-order chi connectivity index (χ1) is 12.1. The number of carbonyl (C=O) groups is 1. The van der Waals surface area contributed by atoms with Gasteiger partial charge in [-0.3, -0.25) is 4.79 Å². The zero-order valence-corrected chi connectivity index (χ0v) is 15.4. The van der Waals surface area contributed by atoms with Crippen molar-refractivity contribution >= 4 is 39.0 Å². The lowest BCUT2D eigenvalue weighted by atomic mass is 10.1. The highest BCUT2D eigenvalue weighted by Crippen LogP contribution is 2.18. The third kappa shape index (κ3) is 5.16. The molecule has 1 heterocycles. The van der Waals surface area contributed by atoms with Crippen LogP contribution in [0.15, 0.2) is 71.3 Å². The molecule has 0 aliphatic carbocycles. The second kappa shape index (κ2) is 7.94. The molecule has 2 N–H and O–H groups in total. The van der Waals surface area contributed by atoms with Gasteiger partial charge in [0.15, 0.2) is 0 Å². The number of nitrogens with one attached hydrogen (secondary N) is 2. The van der Waals surface area contributed by atoms with Crippen LogP contribution in [0.2, 0.25) is 0 Å². The van der Waals surface area contributed by atoms with Crippen molar-refractivity contribution in [2.45, 2.75) is 13.3 Å². The summed E-state index contributed by atoms with van der Waals surface area (Å²) in [5.41, 5.74) is 4.02. The average Bonchev–Trinajstić information content (AvgIpc) is 2.57. The van der Waals surface area contributed by atoms with Gasteiger partial charge in [0.1, 0.15) is 5.82 Å². The number of aromatic nitrogens is 1. The molecule has 0 radical (unpaired) electrons. The molecule has 1 aromatic heterocycles. The fraction of sp³-hybridized carbons (Fsp3) is 0.100. The SMILES string of the molecule is Cc1cccc(Nc2ccc(NC(=O)Cc3cccc(Br)c3)nc2)c1. The number of aryl methyl sites for hydroxylation is 1. The number of benzene rings is 2. The van der Waals surface area contributed by atoms with Gasteiger partial charge in [0.25, 0.3) is 0 Å². The number of anilines is 3. The Labute approximate surface area is 155 Å². The molecular weight excluding hydrogens is 378 g/mol. The fourth-order valence-electron chi connectivity index (χ4n) is 2.45. The number of amides is 1. The highest BCUT2D eigenvalue weighted by atomic mass is 79.9. The summed E-state index contributed by atoms with van der Waals surface area (Å²) in [6.07, 6.45) is 2.02. The molecule has 0 bridgehead atoms. The maximum Gasteiger partial charge on any atom is 0.229 e. The molecular formula is C20H18BrN3O. The lowest BCUT2D eigenvalue weighted by Crippen LogP contribution is -2.15. The van der Waals surface area contributed by atoms with Gasteiger partial charge in [0.2, 0.25) is 5.91 Å². The minimum absolute atomic E-state index is 0.0926. The molecule has 0 aliphatic rings. The van der Waals surface area contributed by atoms with E-state index >= 15 is 0 Å². The lowest BCUT2D eigenvalue weighted by molar-refractivity contribution is -0.115. The molecule has 3 rings (SSSR count). The molecule has 1 amide bonds. The van der Waals surface area contributed by atoms with Crippen LogP contribution in [-0.2, 0) is 11.2 Å². The van der Waals surface area contributed by atoms with E-state index in [1.165, 1.54) is 5.56 Å². The standard InChI is InChI=1S/C20H18BrN3O/c1-14-4-2-7-17(10-14)23-18-8-9-19(22-13-18)24-20(25)12-15-5-3-6-16(21)11-15/h2-11,13,23H,12H2,1H3,(H,22,24,25). The summed E-state index contributed by atoms with van der Waals surface area (Å²) in [7, 11) is 0. The molecule has 25 heavy (non-hydrogen) atoms. The summed E-state index contributed by atoms with van der Waals surface area (Å²) < 4.78 is 0.961. The first-order valence-electron chi connectivity index (χ1n) is 7.92. The van der Waals surface area contributed by atoms with Crippen molar-refractivity contribution in [2.24, 2.45) is 0 Å². The Kier molecular flexibility index (Phi) is 5.46. The maximum atomic E-state index is 12.1. The molecule has 2 aromatic carbocycles. The average molecular weight is 396 g/mol. The molecule has 0 fully saturated rings. The minimum Gasteiger partial charge on any atom is -0.354 e. The van der Waals surface area contributed by atoms with Crippen LogP contribution in [-0.4, -0.2) is 10.9 Å². The number of rotatable bonds is 5. The topological polar surface area (TPSA) is 54.0 Å². The zero-order chi connectivity index (χ0) is 17.6. The fourth-order valence-corrected chi connectivity index (χ4v) is 2.90. The molecule has 0 unspecified atom stereocenters. The van der Waals surface area contributed by atoms with Crippen LogP contribution in [0.4, 0.5) is 17.2 Å². The van der Waals surface area contributed by atoms with Crippen molar-refractivity contribution in [1.82, 2.24) is 4.98 Å². The predicted octanol–water partition coefficient (Wildman–Crippen LogP) is 5.08. The van der Waals surface area contributed by atoms with Crippen LogP contribution in [0.1, 0.15) is 11.1 Å². The number of nitrogens with zero attached hydrogens (tertiary/aromatic N) is 1. The van der Waals surface area contributed by atoms with E-state index in [0.717, 1.165) is 21.4 Å². The summed E-state index contributed by atoms with van der Waals surface area (Å²) >= 11 is 3.41. The van der Waals surface area contributed by atoms with E-state index in [4.69, 9.17) is 0 Å². The Bertz CT molecular complexity index is 878. The normalized spacial score (nSPS) is 10.3. The van der Waals surface area contributed by atoms with Gasteiger partial charge in [0.05, 0.1) is 18.3 Å². The molecule has 0 aliphatic heterocycles. The molecule has 126 valence electrons. The van der Waals surface area contributed by atoms with Gasteiger partial charge in [0, 0.05) is 10.2 Å². The molecule has 5 heteroatoms. The Morgan fingerprint density at radius 1 is 1.04 bits per heavy atom. The van der Waals surface area contributed by atoms with Gasteiger partial charge in [-0.05, 0) is 54.4 Å². The summed E-state index contributed by atoms with van der Waals surface area (Å²) in [5.74, 6) is 0.444. The third-order valence-electron chi connectivity index (χ3n) is 3.59. The van der Waals surface area contributed by atoms with Crippen molar-refractivity contribution in [3.05, 3.63) is 82.5 Å². The Balaban J connectivity index is 1.59. The predicted molar refractivity (Wildman–Crippen MR) is 105 cm³/mol. The molecule has 0 saturated heterocycles. The van der Waals surface area contributed by atoms with E-state index in [9.17, 15) is 4.79 Å². The van der Waals surface area contributed by atoms with E-state index < -0.39 is 0 Å². The molecule has 3 aromatic rings. The van der Waals surface area contributed by atoms with E-state index in [1.54, 1.807) is 12.3 Å². The zero-order valence-electron chi connectivity index (χ0n) is 13.8. The number of hydrogen-bond acceptors (Lipinski definition) is 3. The summed E-state index contributed by atoms with van der Waals surface area (Å²) in [4.78, 5) is 16.4. The van der Waals surface area contributed by atoms with Gasteiger partial charge in [-0.1, -0.05) is 40.2 Å². The summed E-state index contributed by atoms with van der Waals surface area (Å²) in [5, 5.41) is 6.11. The van der Waals surface area contributed by atoms with E-state index in [2.05, 4.69) is 37.6 Å². The monoisotopic (exact) mass is 395 g/mol. The second-order valence-corrected chi connectivity index (χ2v) is 6.70. The van der Waals surface area contributed by atoms with E-state index in [0.29, 0.717) is 12.2 Å². The van der Waals surface area contributed by atoms with Crippen molar-refractivity contribution in [1.29, 1.82) is 0 Å². The van der Waals surface area contributed by atoms with Gasteiger partial charge in [-0.15, -0.1) is 0 Å². The van der Waals surface area contributed by atoms with Crippen LogP contribution in [0, 0.1) is 6.92 Å². The maximum absolute atomic E-state index is 12.1. The number of pyridine rings is 1. The van der Waals surface area contributed by atoms with E-state index in [-0.39, 0.29) is 5.91 Å². The molecule has 0 atom stereocenters. The van der Waals surface area contributed by atoms with Crippen LogP contribution in [0.5, 0.6) is 0 Å². The highest BCUT2D eigenvalue weighted by molar-refractivity contribution is 9.10. The van der Waals surface area contributed by atoms with E-state index in [1.807, 2.05) is 55.5 Å². The van der Waals surface area contributed by atoms with Crippen LogP contribution < -0.4 is 10.6 Å². The molecule has 0 saturated carbocycles. The van der Waals surface area contributed by atoms with Crippen LogP contribution in [0.3, 0.4) is 0 Å². The first kappa shape index (κ1) is 17.2. The van der Waals surface area contributed by atoms with Crippen LogP contribution >= 0.6 is 15.9 Å². The van der Waals surface area contributed by atoms with Crippen molar-refractivity contribution in [3.63, 3.8) is 0 Å². The van der Waals surface area contributed by atoms with Crippen LogP contribution in [0.25, 0.3) is 0 Å². The Morgan fingerprint density at radius 3 is 2.60 bits per heavy atom. The quantitative estimate of drug-likeness (QED) is 0.633. The van der Waals surface area contributed by atoms with Crippen molar-refractivity contribution in [3.8, 4) is 0 Å². The van der Waals surface area contributed by atoms with Gasteiger partial charge in [-0.25, -0.2) is 4.98 Å². The van der Waals surface area contributed by atoms with Gasteiger partial charge in [-0.2, -0.15) is 0 Å². The number of carbonyl (C=O) groups excluding carboxylic acids is 1. The first-order valence-corrected chi connectivity index (χ1v) is 8.72. The third-order valence-corrected chi connectivity index (χ3v) is 4.08. The second-order valence-electron chi connectivity index (χ2n) is 5.78. The Hall–Kier alpha value is -2.66.